The van der Waals surface area contributed by atoms with Crippen molar-refractivity contribution in [1.29, 1.82) is 0 Å². The topological polar surface area (TPSA) is 118 Å². The van der Waals surface area contributed by atoms with Gasteiger partial charge in [-0.05, 0) is 68.6 Å². The molecule has 1 heterocycles. The van der Waals surface area contributed by atoms with Crippen molar-refractivity contribution < 1.29 is 19.4 Å². The maximum Gasteiger partial charge on any atom is 0.409 e. The van der Waals surface area contributed by atoms with Gasteiger partial charge in [0.25, 0.3) is 0 Å². The summed E-state index contributed by atoms with van der Waals surface area (Å²) >= 11 is 0. The second-order valence-corrected chi connectivity index (χ2v) is 12.1. The lowest BCUT2D eigenvalue weighted by molar-refractivity contribution is -0.117. The maximum atomic E-state index is 13.0. The number of rotatable bonds is 7. The molecule has 216 valence electrons. The van der Waals surface area contributed by atoms with E-state index in [-0.39, 0.29) is 24.0 Å². The summed E-state index contributed by atoms with van der Waals surface area (Å²) in [6.45, 7) is 1.82. The normalized spacial score (nSPS) is 25.6. The summed E-state index contributed by atoms with van der Waals surface area (Å²) in [5.74, 6) is 0.249. The van der Waals surface area contributed by atoms with Gasteiger partial charge in [0.15, 0.2) is 0 Å². The Labute approximate surface area is 241 Å². The van der Waals surface area contributed by atoms with E-state index in [1.165, 1.54) is 7.11 Å². The first kappa shape index (κ1) is 28.8. The number of hydrogen-bond donors (Lipinski definition) is 3. The molecule has 8 heteroatoms. The van der Waals surface area contributed by atoms with E-state index in [2.05, 4.69) is 5.32 Å². The molecule has 41 heavy (non-hydrogen) atoms. The van der Waals surface area contributed by atoms with Crippen LogP contribution in [0.5, 0.6) is 0 Å². The van der Waals surface area contributed by atoms with Gasteiger partial charge in [0.2, 0.25) is 5.91 Å². The minimum Gasteiger partial charge on any atom is -0.453 e. The van der Waals surface area contributed by atoms with Gasteiger partial charge in [-0.25, -0.2) is 4.79 Å². The number of aliphatic hydroxyl groups is 1. The molecule has 0 atom stereocenters. The Hall–Kier alpha value is -3.75. The van der Waals surface area contributed by atoms with Crippen LogP contribution in [0.1, 0.15) is 57.4 Å². The van der Waals surface area contributed by atoms with Crippen LogP contribution in [0.25, 0.3) is 22.4 Å². The van der Waals surface area contributed by atoms with Crippen molar-refractivity contribution in [1.82, 2.24) is 9.88 Å². The van der Waals surface area contributed by atoms with E-state index in [4.69, 9.17) is 15.5 Å². The Morgan fingerprint density at radius 2 is 1.71 bits per heavy atom. The smallest absolute Gasteiger partial charge is 0.409 e. The molecule has 8 nitrogen and oxygen atoms in total. The van der Waals surface area contributed by atoms with Crippen molar-refractivity contribution in [2.45, 2.75) is 69.1 Å². The Kier molecular flexibility index (Phi) is 8.16. The highest BCUT2D eigenvalue weighted by Gasteiger charge is 2.49. The number of anilines is 1. The maximum absolute atomic E-state index is 13.0. The fourth-order valence-electron chi connectivity index (χ4n) is 6.58. The van der Waals surface area contributed by atoms with Gasteiger partial charge in [-0.2, -0.15) is 0 Å². The van der Waals surface area contributed by atoms with Crippen molar-refractivity contribution in [3.63, 3.8) is 0 Å². The number of carbonyl (C=O) groups is 2. The number of nitrogens with two attached hydrogens (primary N) is 1. The molecule has 0 aliphatic heterocycles. The zero-order valence-electron chi connectivity index (χ0n) is 24.1. The molecule has 4 N–H and O–H groups in total. The molecule has 2 fully saturated rings. The summed E-state index contributed by atoms with van der Waals surface area (Å²) in [6.07, 6.45) is 6.41. The van der Waals surface area contributed by atoms with Crippen molar-refractivity contribution in [3.05, 3.63) is 72.4 Å². The lowest BCUT2D eigenvalue weighted by Gasteiger charge is -2.49. The number of aromatic nitrogens is 1. The molecular formula is C33H40N4O4. The van der Waals surface area contributed by atoms with E-state index in [9.17, 15) is 14.7 Å². The molecule has 0 radical (unpaired) electrons. The summed E-state index contributed by atoms with van der Waals surface area (Å²) in [4.78, 5) is 31.3. The van der Waals surface area contributed by atoms with E-state index in [0.717, 1.165) is 53.6 Å². The number of amides is 2. The second kappa shape index (κ2) is 11.6. The Morgan fingerprint density at radius 1 is 1.05 bits per heavy atom. The number of nitrogens with one attached hydrogen (secondary N) is 1. The summed E-state index contributed by atoms with van der Waals surface area (Å²) < 4.78 is 4.84. The highest BCUT2D eigenvalue weighted by atomic mass is 16.5. The largest absolute Gasteiger partial charge is 0.453 e. The van der Waals surface area contributed by atoms with Gasteiger partial charge in [-0.15, -0.1) is 0 Å². The highest BCUT2D eigenvalue weighted by Crippen LogP contribution is 2.46. The summed E-state index contributed by atoms with van der Waals surface area (Å²) in [5.41, 5.74) is 10.7. The molecule has 1 aromatic heterocycles. The summed E-state index contributed by atoms with van der Waals surface area (Å²) in [7, 11) is 3.17. The lowest BCUT2D eigenvalue weighted by atomic mass is 9.63. The summed E-state index contributed by atoms with van der Waals surface area (Å²) in [5, 5.41) is 13.3. The molecule has 0 unspecified atom stereocenters. The fraction of sp³-hybridized carbons (Fsp3) is 0.424. The third-order valence-electron chi connectivity index (χ3n) is 8.68. The third-order valence-corrected chi connectivity index (χ3v) is 8.68. The van der Waals surface area contributed by atoms with Crippen LogP contribution in [-0.4, -0.2) is 52.8 Å². The van der Waals surface area contributed by atoms with Crippen molar-refractivity contribution in [2.75, 3.05) is 19.5 Å². The zero-order chi connectivity index (χ0) is 29.2. The summed E-state index contributed by atoms with van der Waals surface area (Å²) in [6, 6.07) is 20.3. The highest BCUT2D eigenvalue weighted by molar-refractivity contribution is 5.93. The fourth-order valence-corrected chi connectivity index (χ4v) is 6.58. The monoisotopic (exact) mass is 556 g/mol. The number of nitrogens with zero attached hydrogens (tertiary/aromatic N) is 2. The SMILES string of the molecule is COC(=O)N(C)C1CCC(CC(=O)Nc2cnc(-c3ccc([C@]4(N)C[C@](C)(O)C4)cc3)c(-c3ccccc3)c2)CC1. The molecule has 2 saturated carbocycles. The van der Waals surface area contributed by atoms with Gasteiger partial charge in [0.05, 0.1) is 30.3 Å². The zero-order valence-corrected chi connectivity index (χ0v) is 24.1. The minimum absolute atomic E-state index is 0.0303. The van der Waals surface area contributed by atoms with Crippen molar-refractivity contribution in [3.8, 4) is 22.4 Å². The minimum atomic E-state index is -0.712. The van der Waals surface area contributed by atoms with E-state index in [1.54, 1.807) is 18.1 Å². The molecule has 0 spiro atoms. The van der Waals surface area contributed by atoms with E-state index >= 15 is 0 Å². The van der Waals surface area contributed by atoms with Gasteiger partial charge in [0, 0.05) is 36.2 Å². The first-order valence-corrected chi connectivity index (χ1v) is 14.4. The van der Waals surface area contributed by atoms with Crippen LogP contribution in [-0.2, 0) is 15.1 Å². The second-order valence-electron chi connectivity index (χ2n) is 12.1. The molecule has 0 saturated heterocycles. The van der Waals surface area contributed by atoms with E-state index in [1.807, 2.05) is 67.6 Å². The van der Waals surface area contributed by atoms with Gasteiger partial charge < -0.3 is 25.8 Å². The lowest BCUT2D eigenvalue weighted by Crippen LogP contribution is -2.58. The average molecular weight is 557 g/mol. The van der Waals surface area contributed by atoms with E-state index < -0.39 is 11.1 Å². The van der Waals surface area contributed by atoms with Crippen molar-refractivity contribution >= 4 is 17.7 Å². The molecule has 2 amide bonds. The Bertz CT molecular complexity index is 1370. The number of methoxy groups -OCH3 is 1. The Morgan fingerprint density at radius 3 is 2.32 bits per heavy atom. The van der Waals surface area contributed by atoms with Gasteiger partial charge >= 0.3 is 6.09 Å². The van der Waals surface area contributed by atoms with Crippen LogP contribution < -0.4 is 11.1 Å². The first-order valence-electron chi connectivity index (χ1n) is 14.4. The number of ether oxygens (including phenoxy) is 1. The number of carbonyl (C=O) groups excluding carboxylic acids is 2. The standard InChI is InChI=1S/C33H40N4O4/c1-32(40)20-33(34,21-32)25-13-11-24(12-14-25)30-28(23-7-5-4-6-8-23)18-26(19-35-30)36-29(38)17-22-9-15-27(16-10-22)37(2)31(39)41-3/h4-8,11-14,18-19,22,27,40H,9-10,15-17,20-21,34H2,1-3H3,(H,36,38)/t22?,27?,32-,33-. The Balaban J connectivity index is 1.29. The predicted octanol–water partition coefficient (Wildman–Crippen LogP) is 5.70. The van der Waals surface area contributed by atoms with Crippen LogP contribution in [0.3, 0.4) is 0 Å². The molecule has 0 bridgehead atoms. The molecule has 2 aromatic carbocycles. The van der Waals surface area contributed by atoms with Gasteiger partial charge in [-0.3, -0.25) is 9.78 Å². The predicted molar refractivity (Wildman–Crippen MR) is 160 cm³/mol. The molecular weight excluding hydrogens is 516 g/mol. The van der Waals surface area contributed by atoms with Crippen LogP contribution >= 0.6 is 0 Å². The van der Waals surface area contributed by atoms with Gasteiger partial charge in [-0.1, -0.05) is 54.6 Å². The molecule has 5 rings (SSSR count). The van der Waals surface area contributed by atoms with Crippen molar-refractivity contribution in [2.24, 2.45) is 11.7 Å². The van der Waals surface area contributed by atoms with Gasteiger partial charge in [0.1, 0.15) is 0 Å². The molecule has 3 aromatic rings. The number of benzene rings is 2. The van der Waals surface area contributed by atoms with E-state index in [0.29, 0.717) is 24.9 Å². The average Bonchev–Trinajstić information content (AvgIpc) is 2.96. The molecule has 2 aliphatic rings. The van der Waals surface area contributed by atoms with Crippen LogP contribution in [0.15, 0.2) is 66.9 Å². The van der Waals surface area contributed by atoms with Crippen LogP contribution in [0.4, 0.5) is 10.5 Å². The van der Waals surface area contributed by atoms with Crippen LogP contribution in [0, 0.1) is 5.92 Å². The number of pyridine rings is 1. The first-order chi connectivity index (χ1) is 19.6. The third kappa shape index (κ3) is 6.44. The van der Waals surface area contributed by atoms with Crippen LogP contribution in [0.2, 0.25) is 0 Å². The molecule has 2 aliphatic carbocycles. The number of hydrogen-bond acceptors (Lipinski definition) is 6. The quantitative estimate of drug-likeness (QED) is 0.344.